The van der Waals surface area contributed by atoms with Crippen LogP contribution in [0.15, 0.2) is 63.8 Å². The number of dihydropyridines is 1. The van der Waals surface area contributed by atoms with E-state index in [9.17, 15) is 0 Å². The van der Waals surface area contributed by atoms with Crippen LogP contribution in [0.4, 0.5) is 0 Å². The van der Waals surface area contributed by atoms with Crippen molar-refractivity contribution in [2.75, 3.05) is 0 Å². The largest absolute Gasteiger partial charge is 0.280 e. The molecule has 1 aromatic rings. The zero-order chi connectivity index (χ0) is 25.2. The van der Waals surface area contributed by atoms with E-state index in [1.807, 2.05) is 6.21 Å². The number of nitrogens with zero attached hydrogens (tertiary/aromatic N) is 2. The van der Waals surface area contributed by atoms with Gasteiger partial charge in [-0.25, -0.2) is 0 Å². The number of fused-ring (bicyclic) bond motifs is 1. The Morgan fingerprint density at radius 1 is 1.03 bits per heavy atom. The number of aliphatic imine (C=N–C) groups is 2. The molecule has 2 aliphatic heterocycles. The normalized spacial score (nSPS) is 26.3. The summed E-state index contributed by atoms with van der Waals surface area (Å²) in [6.45, 7) is 11.5. The minimum Gasteiger partial charge on any atom is -0.280 e. The first-order valence-corrected chi connectivity index (χ1v) is 14.4. The van der Waals surface area contributed by atoms with Crippen LogP contribution in [-0.2, 0) is 6.42 Å². The molecular formula is C34H44N2. The molecule has 2 unspecified atom stereocenters. The Labute approximate surface area is 219 Å². The highest BCUT2D eigenvalue weighted by Gasteiger charge is 2.29. The fourth-order valence-electron chi connectivity index (χ4n) is 6.61. The molecule has 0 saturated heterocycles. The summed E-state index contributed by atoms with van der Waals surface area (Å²) in [6, 6.07) is 7.29. The maximum Gasteiger partial charge on any atom is 0.100 e. The minimum atomic E-state index is 0.155. The molecule has 2 atom stereocenters. The van der Waals surface area contributed by atoms with Crippen LogP contribution in [0.25, 0.3) is 11.1 Å². The van der Waals surface area contributed by atoms with Crippen molar-refractivity contribution >= 4 is 23.1 Å². The number of benzene rings is 1. The average molecular weight is 481 g/mol. The van der Waals surface area contributed by atoms with Gasteiger partial charge in [-0.15, -0.1) is 0 Å². The summed E-state index contributed by atoms with van der Waals surface area (Å²) in [5, 5.41) is 0. The number of hydrogen-bond acceptors (Lipinski definition) is 2. The van der Waals surface area contributed by atoms with Crippen LogP contribution in [0.3, 0.4) is 0 Å². The fourth-order valence-corrected chi connectivity index (χ4v) is 6.61. The number of rotatable bonds is 8. The average Bonchev–Trinajstić information content (AvgIpc) is 3.51. The van der Waals surface area contributed by atoms with Gasteiger partial charge in [-0.1, -0.05) is 70.5 Å². The van der Waals surface area contributed by atoms with Crippen LogP contribution in [0, 0.1) is 23.7 Å². The summed E-state index contributed by atoms with van der Waals surface area (Å²) in [5.74, 6) is 3.11. The minimum absolute atomic E-state index is 0.155. The Hall–Kier alpha value is -2.48. The van der Waals surface area contributed by atoms with Crippen molar-refractivity contribution < 1.29 is 0 Å². The van der Waals surface area contributed by atoms with Gasteiger partial charge in [0.2, 0.25) is 0 Å². The van der Waals surface area contributed by atoms with Crippen molar-refractivity contribution in [3.05, 3.63) is 70.5 Å². The predicted octanol–water partition coefficient (Wildman–Crippen LogP) is 9.04. The fraction of sp³-hybridized carbons (Fsp3) is 0.529. The van der Waals surface area contributed by atoms with Crippen molar-refractivity contribution in [3.63, 3.8) is 0 Å². The molecule has 0 amide bonds. The molecule has 1 fully saturated rings. The first-order valence-electron chi connectivity index (χ1n) is 14.4. The van der Waals surface area contributed by atoms with Crippen molar-refractivity contribution in [2.45, 2.75) is 92.0 Å². The molecule has 2 heterocycles. The third-order valence-electron chi connectivity index (χ3n) is 8.81. The molecule has 0 aromatic heterocycles. The lowest BCUT2D eigenvalue weighted by Crippen LogP contribution is -2.22. The van der Waals surface area contributed by atoms with Gasteiger partial charge >= 0.3 is 0 Å². The quantitative estimate of drug-likeness (QED) is 0.354. The van der Waals surface area contributed by atoms with E-state index in [1.165, 1.54) is 83.2 Å². The molecule has 2 aliphatic carbocycles. The van der Waals surface area contributed by atoms with Crippen LogP contribution >= 0.6 is 0 Å². The van der Waals surface area contributed by atoms with Crippen molar-refractivity contribution in [1.29, 1.82) is 0 Å². The summed E-state index contributed by atoms with van der Waals surface area (Å²) in [4.78, 5) is 9.86. The number of allylic oxidation sites excluding steroid dienone is 4. The van der Waals surface area contributed by atoms with Gasteiger partial charge in [-0.05, 0) is 108 Å². The smallest absolute Gasteiger partial charge is 0.100 e. The van der Waals surface area contributed by atoms with E-state index >= 15 is 0 Å². The Morgan fingerprint density at radius 3 is 2.58 bits per heavy atom. The first-order chi connectivity index (χ1) is 17.4. The molecule has 0 bridgehead atoms. The Bertz CT molecular complexity index is 1160. The second kappa shape index (κ2) is 10.9. The molecule has 1 saturated carbocycles. The van der Waals surface area contributed by atoms with Gasteiger partial charge in [0.05, 0.1) is 0 Å². The van der Waals surface area contributed by atoms with E-state index < -0.39 is 0 Å². The van der Waals surface area contributed by atoms with Gasteiger partial charge in [0.15, 0.2) is 0 Å². The monoisotopic (exact) mass is 480 g/mol. The third kappa shape index (κ3) is 5.43. The molecule has 5 rings (SSSR count). The summed E-state index contributed by atoms with van der Waals surface area (Å²) in [7, 11) is 0. The molecule has 1 aromatic carbocycles. The van der Waals surface area contributed by atoms with Gasteiger partial charge in [0.1, 0.15) is 6.04 Å². The maximum atomic E-state index is 5.01. The molecule has 36 heavy (non-hydrogen) atoms. The first kappa shape index (κ1) is 25.2. The zero-order valence-corrected chi connectivity index (χ0v) is 23.1. The van der Waals surface area contributed by atoms with Crippen molar-refractivity contribution in [2.24, 2.45) is 33.7 Å². The molecule has 2 heteroatoms. The summed E-state index contributed by atoms with van der Waals surface area (Å²) in [5.41, 5.74) is 10.9. The summed E-state index contributed by atoms with van der Waals surface area (Å²) >= 11 is 0. The molecule has 2 nitrogen and oxygen atoms in total. The summed E-state index contributed by atoms with van der Waals surface area (Å²) < 4.78 is 0. The zero-order valence-electron chi connectivity index (χ0n) is 23.1. The lowest BCUT2D eigenvalue weighted by atomic mass is 9.75. The second-order valence-electron chi connectivity index (χ2n) is 12.2. The maximum absolute atomic E-state index is 5.01. The summed E-state index contributed by atoms with van der Waals surface area (Å²) in [6.07, 6.45) is 21.3. The molecule has 0 N–H and O–H groups in total. The second-order valence-corrected chi connectivity index (χ2v) is 12.2. The molecular weight excluding hydrogens is 436 g/mol. The SMILES string of the molecule is CCC(C)CC1CCC(C2=NC=C(c3ccc(C4=CC=C5C=C(C)C=NC54)cc3CC(C)C)C2)CC1. The predicted molar refractivity (Wildman–Crippen MR) is 157 cm³/mol. The van der Waals surface area contributed by atoms with E-state index in [4.69, 9.17) is 9.98 Å². The third-order valence-corrected chi connectivity index (χ3v) is 8.81. The number of hydrogen-bond donors (Lipinski definition) is 0. The van der Waals surface area contributed by atoms with Gasteiger partial charge < -0.3 is 0 Å². The van der Waals surface area contributed by atoms with Crippen LogP contribution in [0.1, 0.15) is 96.3 Å². The Kier molecular flexibility index (Phi) is 7.60. The molecule has 4 aliphatic rings. The van der Waals surface area contributed by atoms with E-state index in [0.29, 0.717) is 11.8 Å². The van der Waals surface area contributed by atoms with E-state index in [2.05, 4.69) is 77.2 Å². The van der Waals surface area contributed by atoms with Crippen LogP contribution in [0.5, 0.6) is 0 Å². The van der Waals surface area contributed by atoms with Gasteiger partial charge in [0, 0.05) is 24.5 Å². The van der Waals surface area contributed by atoms with Gasteiger partial charge in [-0.3, -0.25) is 9.98 Å². The standard InChI is InChI=1S/C34H44N2/c1-6-23(4)16-25-7-9-26(10-8-25)33-19-30(21-35-33)31-13-11-27(18-29(31)15-22(2)3)32-14-12-28-17-24(5)20-36-34(28)32/h11-14,17-18,20-23,25-26,34H,6-10,15-16,19H2,1-5H3. The highest BCUT2D eigenvalue weighted by molar-refractivity contribution is 6.00. The highest BCUT2D eigenvalue weighted by Crippen LogP contribution is 2.40. The van der Waals surface area contributed by atoms with Crippen molar-refractivity contribution in [1.82, 2.24) is 0 Å². The Balaban J connectivity index is 1.28. The lowest BCUT2D eigenvalue weighted by Gasteiger charge is -2.30. The lowest BCUT2D eigenvalue weighted by molar-refractivity contribution is 0.270. The molecule has 0 radical (unpaired) electrons. The van der Waals surface area contributed by atoms with E-state index in [1.54, 1.807) is 0 Å². The van der Waals surface area contributed by atoms with Crippen LogP contribution in [-0.4, -0.2) is 18.0 Å². The van der Waals surface area contributed by atoms with Crippen LogP contribution < -0.4 is 0 Å². The molecule has 190 valence electrons. The van der Waals surface area contributed by atoms with Crippen molar-refractivity contribution in [3.8, 4) is 0 Å². The van der Waals surface area contributed by atoms with Gasteiger partial charge in [0.25, 0.3) is 0 Å². The highest BCUT2D eigenvalue weighted by atomic mass is 14.8. The van der Waals surface area contributed by atoms with Crippen LogP contribution in [0.2, 0.25) is 0 Å². The Morgan fingerprint density at radius 2 is 1.83 bits per heavy atom. The van der Waals surface area contributed by atoms with E-state index in [-0.39, 0.29) is 6.04 Å². The molecule has 0 spiro atoms. The van der Waals surface area contributed by atoms with Gasteiger partial charge in [-0.2, -0.15) is 0 Å². The topological polar surface area (TPSA) is 24.7 Å². The van der Waals surface area contributed by atoms with E-state index in [0.717, 1.165) is 24.7 Å².